The molecule has 2 rings (SSSR count). The maximum Gasteiger partial charge on any atom is 0.169 e. The van der Waals surface area contributed by atoms with E-state index in [1.54, 1.807) is 12.1 Å². The van der Waals surface area contributed by atoms with Crippen molar-refractivity contribution in [2.24, 2.45) is 0 Å². The highest BCUT2D eigenvalue weighted by molar-refractivity contribution is 9.10. The summed E-state index contributed by atoms with van der Waals surface area (Å²) in [6, 6.07) is 14.5. The summed E-state index contributed by atoms with van der Waals surface area (Å²) in [7, 11) is 1.95. The van der Waals surface area contributed by atoms with Crippen LogP contribution >= 0.6 is 28.1 Å². The van der Waals surface area contributed by atoms with E-state index in [0.717, 1.165) is 16.6 Å². The predicted molar refractivity (Wildman–Crippen MR) is 91.4 cm³/mol. The number of halogens is 2. The molecule has 0 heterocycles. The minimum Gasteiger partial charge on any atom is -0.358 e. The number of nitrogens with zero attached hydrogens (tertiary/aromatic N) is 1. The summed E-state index contributed by atoms with van der Waals surface area (Å²) in [6.45, 7) is 1.33. The van der Waals surface area contributed by atoms with E-state index in [4.69, 9.17) is 12.2 Å². The fraction of sp³-hybridized carbons (Fsp3) is 0.188. The van der Waals surface area contributed by atoms with Crippen LogP contribution in [0.15, 0.2) is 53.0 Å². The molecule has 0 radical (unpaired) electrons. The molecule has 0 spiro atoms. The fourth-order valence-electron chi connectivity index (χ4n) is 1.85. The molecule has 2 aromatic rings. The molecule has 0 saturated carbocycles. The molecule has 0 aromatic heterocycles. The first-order chi connectivity index (χ1) is 10.0. The topological polar surface area (TPSA) is 15.3 Å². The van der Waals surface area contributed by atoms with Crippen LogP contribution in [0.1, 0.15) is 11.1 Å². The second-order valence-corrected chi connectivity index (χ2v) is 6.07. The molecule has 0 amide bonds. The zero-order chi connectivity index (χ0) is 15.2. The molecule has 0 fully saturated rings. The van der Waals surface area contributed by atoms with Crippen LogP contribution in [-0.2, 0) is 13.1 Å². The van der Waals surface area contributed by atoms with Gasteiger partial charge in [-0.15, -0.1) is 0 Å². The number of hydrogen-bond donors (Lipinski definition) is 1. The molecule has 2 nitrogen and oxygen atoms in total. The molecular weight excluding hydrogens is 351 g/mol. The summed E-state index contributed by atoms with van der Waals surface area (Å²) in [4.78, 5) is 1.97. The van der Waals surface area contributed by atoms with Crippen molar-refractivity contribution in [2.75, 3.05) is 7.05 Å². The van der Waals surface area contributed by atoms with E-state index in [1.807, 2.05) is 24.1 Å². The van der Waals surface area contributed by atoms with E-state index in [9.17, 15) is 4.39 Å². The lowest BCUT2D eigenvalue weighted by atomic mass is 10.2. The van der Waals surface area contributed by atoms with Crippen molar-refractivity contribution >= 4 is 33.3 Å². The van der Waals surface area contributed by atoms with E-state index in [2.05, 4.69) is 33.4 Å². The van der Waals surface area contributed by atoms with Crippen LogP contribution in [-0.4, -0.2) is 17.1 Å². The van der Waals surface area contributed by atoms with Gasteiger partial charge in [0.15, 0.2) is 5.11 Å². The zero-order valence-electron chi connectivity index (χ0n) is 11.6. The van der Waals surface area contributed by atoms with E-state index >= 15 is 0 Å². The second-order valence-electron chi connectivity index (χ2n) is 4.77. The van der Waals surface area contributed by atoms with Gasteiger partial charge in [0.1, 0.15) is 5.82 Å². The first kappa shape index (κ1) is 15.9. The third kappa shape index (κ3) is 5.10. The monoisotopic (exact) mass is 366 g/mol. The highest BCUT2D eigenvalue weighted by Gasteiger charge is 2.05. The molecular formula is C16H16BrFN2S. The SMILES string of the molecule is CN(Cc1ccc(Br)cc1)C(=S)NCc1ccc(F)cc1. The maximum atomic E-state index is 12.8. The van der Waals surface area contributed by atoms with Crippen LogP contribution in [0.3, 0.4) is 0 Å². The highest BCUT2D eigenvalue weighted by atomic mass is 79.9. The number of hydrogen-bond acceptors (Lipinski definition) is 1. The van der Waals surface area contributed by atoms with Crippen molar-refractivity contribution in [1.82, 2.24) is 10.2 Å². The van der Waals surface area contributed by atoms with Gasteiger partial charge in [-0.25, -0.2) is 4.39 Å². The molecule has 0 bridgehead atoms. The zero-order valence-corrected chi connectivity index (χ0v) is 14.0. The molecule has 5 heteroatoms. The Morgan fingerprint density at radius 3 is 2.29 bits per heavy atom. The molecule has 0 atom stereocenters. The van der Waals surface area contributed by atoms with Crippen molar-refractivity contribution in [3.05, 3.63) is 69.9 Å². The van der Waals surface area contributed by atoms with Gasteiger partial charge in [0.2, 0.25) is 0 Å². The lowest BCUT2D eigenvalue weighted by Crippen LogP contribution is -2.36. The molecule has 1 N–H and O–H groups in total. The molecule has 21 heavy (non-hydrogen) atoms. The highest BCUT2D eigenvalue weighted by Crippen LogP contribution is 2.12. The molecule has 2 aromatic carbocycles. The standard InChI is InChI=1S/C16H16BrFN2S/c1-20(11-13-2-6-14(17)7-3-13)16(21)19-10-12-4-8-15(18)9-5-12/h2-9H,10-11H2,1H3,(H,19,21). The average Bonchev–Trinajstić information content (AvgIpc) is 2.48. The summed E-state index contributed by atoms with van der Waals surface area (Å²) in [5.74, 6) is -0.228. The molecule has 0 aliphatic rings. The Balaban J connectivity index is 1.84. The number of thiocarbonyl (C=S) groups is 1. The third-order valence-electron chi connectivity index (χ3n) is 3.04. The van der Waals surface area contributed by atoms with Crippen molar-refractivity contribution in [2.45, 2.75) is 13.1 Å². The van der Waals surface area contributed by atoms with Crippen LogP contribution < -0.4 is 5.32 Å². The van der Waals surface area contributed by atoms with Crippen LogP contribution in [0.5, 0.6) is 0 Å². The Kier molecular flexibility index (Phi) is 5.70. The van der Waals surface area contributed by atoms with Crippen LogP contribution in [0.4, 0.5) is 4.39 Å². The quantitative estimate of drug-likeness (QED) is 0.820. The Hall–Kier alpha value is -1.46. The molecule has 0 aliphatic heterocycles. The summed E-state index contributed by atoms with van der Waals surface area (Å²) in [6.07, 6.45) is 0. The van der Waals surface area contributed by atoms with Crippen molar-refractivity contribution in [3.8, 4) is 0 Å². The lowest BCUT2D eigenvalue weighted by Gasteiger charge is -2.21. The van der Waals surface area contributed by atoms with Gasteiger partial charge in [-0.3, -0.25) is 0 Å². The van der Waals surface area contributed by atoms with E-state index in [-0.39, 0.29) is 5.82 Å². The van der Waals surface area contributed by atoms with Gasteiger partial charge in [0, 0.05) is 24.6 Å². The maximum absolute atomic E-state index is 12.8. The molecule has 0 unspecified atom stereocenters. The minimum absolute atomic E-state index is 0.228. The van der Waals surface area contributed by atoms with Crippen LogP contribution in [0, 0.1) is 5.82 Å². The Bertz CT molecular complexity index is 599. The lowest BCUT2D eigenvalue weighted by molar-refractivity contribution is 0.488. The van der Waals surface area contributed by atoms with Crippen molar-refractivity contribution < 1.29 is 4.39 Å². The van der Waals surface area contributed by atoms with E-state index in [0.29, 0.717) is 11.7 Å². The normalized spacial score (nSPS) is 10.2. The van der Waals surface area contributed by atoms with Gasteiger partial charge in [-0.1, -0.05) is 40.2 Å². The second kappa shape index (κ2) is 7.52. The van der Waals surface area contributed by atoms with Crippen LogP contribution in [0.2, 0.25) is 0 Å². The third-order valence-corrected chi connectivity index (χ3v) is 4.02. The summed E-state index contributed by atoms with van der Waals surface area (Å²) in [5.41, 5.74) is 2.18. The van der Waals surface area contributed by atoms with E-state index in [1.165, 1.54) is 17.7 Å². The summed E-state index contributed by atoms with van der Waals surface area (Å²) < 4.78 is 13.9. The van der Waals surface area contributed by atoms with Gasteiger partial charge in [-0.05, 0) is 47.6 Å². The molecule has 0 saturated heterocycles. The fourth-order valence-corrected chi connectivity index (χ4v) is 2.25. The van der Waals surface area contributed by atoms with Gasteiger partial charge in [0.05, 0.1) is 0 Å². The number of nitrogens with one attached hydrogen (secondary N) is 1. The first-order valence-corrected chi connectivity index (χ1v) is 7.72. The molecule has 0 aliphatic carbocycles. The van der Waals surface area contributed by atoms with Gasteiger partial charge >= 0.3 is 0 Å². The van der Waals surface area contributed by atoms with Crippen LogP contribution in [0.25, 0.3) is 0 Å². The largest absolute Gasteiger partial charge is 0.358 e. The smallest absolute Gasteiger partial charge is 0.169 e. The number of benzene rings is 2. The van der Waals surface area contributed by atoms with Crippen molar-refractivity contribution in [3.63, 3.8) is 0 Å². The van der Waals surface area contributed by atoms with Gasteiger partial charge in [-0.2, -0.15) is 0 Å². The Morgan fingerprint density at radius 2 is 1.67 bits per heavy atom. The summed E-state index contributed by atoms with van der Waals surface area (Å²) >= 11 is 8.78. The Labute approximate surface area is 138 Å². The van der Waals surface area contributed by atoms with Crippen molar-refractivity contribution in [1.29, 1.82) is 0 Å². The predicted octanol–water partition coefficient (Wildman–Crippen LogP) is 4.09. The molecule has 110 valence electrons. The first-order valence-electron chi connectivity index (χ1n) is 6.52. The average molecular weight is 367 g/mol. The van der Waals surface area contributed by atoms with Gasteiger partial charge in [0.25, 0.3) is 0 Å². The number of rotatable bonds is 4. The van der Waals surface area contributed by atoms with E-state index < -0.39 is 0 Å². The van der Waals surface area contributed by atoms with Gasteiger partial charge < -0.3 is 10.2 Å². The summed E-state index contributed by atoms with van der Waals surface area (Å²) in [5, 5.41) is 3.84. The minimum atomic E-state index is -0.228. The Morgan fingerprint density at radius 1 is 1.10 bits per heavy atom.